The molecule has 2 aromatic rings. The molecule has 2 aromatic carbocycles. The Bertz CT molecular complexity index is 810. The molecule has 0 fully saturated rings. The van der Waals surface area contributed by atoms with E-state index in [1.54, 1.807) is 6.92 Å². The van der Waals surface area contributed by atoms with Gasteiger partial charge in [-0.2, -0.15) is 0 Å². The quantitative estimate of drug-likeness (QED) is 0.636. The van der Waals surface area contributed by atoms with E-state index in [0.717, 1.165) is 22.9 Å². The molecule has 0 heterocycles. The summed E-state index contributed by atoms with van der Waals surface area (Å²) in [4.78, 5) is 36.9. The highest BCUT2D eigenvalue weighted by atomic mass is 32.2. The molecule has 3 unspecified atom stereocenters. The summed E-state index contributed by atoms with van der Waals surface area (Å²) in [6.45, 7) is 3.29. The summed E-state index contributed by atoms with van der Waals surface area (Å²) in [6.07, 6.45) is 0.522. The number of hydrogen-bond donors (Lipinski definition) is 1. The van der Waals surface area contributed by atoms with Crippen molar-refractivity contribution in [1.29, 1.82) is 0 Å². The maximum absolute atomic E-state index is 13.0. The third kappa shape index (κ3) is 7.06. The largest absolute Gasteiger partial charge is 0.468 e. The van der Waals surface area contributed by atoms with Crippen LogP contribution in [-0.2, 0) is 25.5 Å². The number of ether oxygens (including phenoxy) is 1. The second kappa shape index (κ2) is 11.4. The Balaban J connectivity index is 2.16. The molecular weight excluding hydrogens is 386 g/mol. The molecule has 29 heavy (non-hydrogen) atoms. The molecule has 0 saturated carbocycles. The first kappa shape index (κ1) is 22.7. The maximum Gasteiger partial charge on any atom is 0.315 e. The van der Waals surface area contributed by atoms with Crippen LogP contribution in [0.2, 0.25) is 0 Å². The molecular formula is C23H27NO4S. The summed E-state index contributed by atoms with van der Waals surface area (Å²) in [5.74, 6) is -1.19. The van der Waals surface area contributed by atoms with Crippen molar-refractivity contribution in [2.75, 3.05) is 12.9 Å². The third-order valence-electron chi connectivity index (χ3n) is 4.67. The minimum atomic E-state index is -0.608. The van der Waals surface area contributed by atoms with E-state index < -0.39 is 17.9 Å². The smallest absolute Gasteiger partial charge is 0.315 e. The fraction of sp³-hybridized carbons (Fsp3) is 0.348. The second-order valence-corrected chi connectivity index (χ2v) is 8.09. The van der Waals surface area contributed by atoms with Gasteiger partial charge in [0.1, 0.15) is 5.92 Å². The van der Waals surface area contributed by atoms with E-state index in [1.807, 2.05) is 60.7 Å². The van der Waals surface area contributed by atoms with Crippen molar-refractivity contribution in [1.82, 2.24) is 5.32 Å². The number of esters is 1. The normalized spacial score (nSPS) is 13.8. The topological polar surface area (TPSA) is 72.5 Å². The van der Waals surface area contributed by atoms with Gasteiger partial charge in [-0.15, -0.1) is 0 Å². The van der Waals surface area contributed by atoms with Crippen LogP contribution in [0.5, 0.6) is 0 Å². The van der Waals surface area contributed by atoms with Gasteiger partial charge in [0.2, 0.25) is 5.91 Å². The average molecular weight is 414 g/mol. The lowest BCUT2D eigenvalue weighted by Gasteiger charge is -2.25. The fourth-order valence-corrected chi connectivity index (χ4v) is 3.89. The number of carbonyl (C=O) groups is 3. The van der Waals surface area contributed by atoms with Gasteiger partial charge in [0.15, 0.2) is 5.12 Å². The summed E-state index contributed by atoms with van der Waals surface area (Å²) in [6, 6.07) is 18.5. The van der Waals surface area contributed by atoms with Crippen LogP contribution in [0.4, 0.5) is 0 Å². The van der Waals surface area contributed by atoms with Gasteiger partial charge in [-0.05, 0) is 24.5 Å². The number of amides is 1. The Kier molecular flexibility index (Phi) is 8.93. The summed E-state index contributed by atoms with van der Waals surface area (Å²) in [7, 11) is 1.34. The predicted molar refractivity (Wildman–Crippen MR) is 116 cm³/mol. The Hall–Kier alpha value is -2.60. The van der Waals surface area contributed by atoms with Crippen LogP contribution in [0.3, 0.4) is 0 Å². The zero-order valence-corrected chi connectivity index (χ0v) is 17.8. The number of rotatable bonds is 9. The Morgan fingerprint density at radius 3 is 2.14 bits per heavy atom. The van der Waals surface area contributed by atoms with E-state index in [2.05, 4.69) is 5.32 Å². The highest BCUT2D eigenvalue weighted by Crippen LogP contribution is 2.23. The second-order valence-electron chi connectivity index (χ2n) is 6.90. The van der Waals surface area contributed by atoms with E-state index in [1.165, 1.54) is 14.0 Å². The average Bonchev–Trinajstić information content (AvgIpc) is 2.72. The van der Waals surface area contributed by atoms with E-state index >= 15 is 0 Å². The van der Waals surface area contributed by atoms with Crippen LogP contribution in [0, 0.1) is 5.92 Å². The Morgan fingerprint density at radius 1 is 1.00 bits per heavy atom. The van der Waals surface area contributed by atoms with Gasteiger partial charge in [-0.3, -0.25) is 14.4 Å². The van der Waals surface area contributed by atoms with Crippen molar-refractivity contribution in [3.63, 3.8) is 0 Å². The molecule has 0 aromatic heterocycles. The number of carbonyl (C=O) groups excluding carboxylic acids is 3. The molecule has 3 atom stereocenters. The van der Waals surface area contributed by atoms with Crippen LogP contribution in [0.1, 0.15) is 30.9 Å². The van der Waals surface area contributed by atoms with Gasteiger partial charge in [-0.1, -0.05) is 72.4 Å². The first-order valence-corrected chi connectivity index (χ1v) is 10.5. The van der Waals surface area contributed by atoms with Crippen molar-refractivity contribution in [2.45, 2.75) is 32.2 Å². The van der Waals surface area contributed by atoms with Crippen LogP contribution < -0.4 is 5.32 Å². The van der Waals surface area contributed by atoms with Gasteiger partial charge in [0.25, 0.3) is 0 Å². The van der Waals surface area contributed by atoms with Crippen molar-refractivity contribution >= 4 is 28.8 Å². The van der Waals surface area contributed by atoms with E-state index in [4.69, 9.17) is 4.74 Å². The highest BCUT2D eigenvalue weighted by Gasteiger charge is 2.31. The first-order valence-electron chi connectivity index (χ1n) is 9.52. The summed E-state index contributed by atoms with van der Waals surface area (Å²) < 4.78 is 4.97. The minimum Gasteiger partial charge on any atom is -0.468 e. The summed E-state index contributed by atoms with van der Waals surface area (Å²) in [5, 5.41) is 2.95. The molecule has 6 heteroatoms. The van der Waals surface area contributed by atoms with E-state index in [-0.39, 0.29) is 16.9 Å². The highest BCUT2D eigenvalue weighted by molar-refractivity contribution is 8.13. The molecule has 0 saturated heterocycles. The first-order chi connectivity index (χ1) is 13.9. The van der Waals surface area contributed by atoms with Gasteiger partial charge in [-0.25, -0.2) is 0 Å². The Morgan fingerprint density at radius 2 is 1.59 bits per heavy atom. The number of methoxy groups -OCH3 is 1. The monoisotopic (exact) mass is 413 g/mol. The molecule has 0 aliphatic heterocycles. The van der Waals surface area contributed by atoms with Crippen molar-refractivity contribution in [3.05, 3.63) is 71.8 Å². The zero-order valence-electron chi connectivity index (χ0n) is 17.0. The van der Waals surface area contributed by atoms with E-state index in [9.17, 15) is 14.4 Å². The van der Waals surface area contributed by atoms with Crippen molar-refractivity contribution in [3.8, 4) is 0 Å². The molecule has 0 spiro atoms. The van der Waals surface area contributed by atoms with E-state index in [0.29, 0.717) is 12.2 Å². The van der Waals surface area contributed by atoms with Gasteiger partial charge in [0, 0.05) is 18.7 Å². The van der Waals surface area contributed by atoms with Crippen LogP contribution in [-0.4, -0.2) is 35.9 Å². The number of benzene rings is 2. The molecule has 5 nitrogen and oxygen atoms in total. The Labute approximate surface area is 176 Å². The summed E-state index contributed by atoms with van der Waals surface area (Å²) in [5.41, 5.74) is 1.81. The predicted octanol–water partition coefficient (Wildman–Crippen LogP) is 3.59. The fourth-order valence-electron chi connectivity index (χ4n) is 3.19. The van der Waals surface area contributed by atoms with Crippen LogP contribution in [0.25, 0.3) is 0 Å². The molecule has 1 amide bonds. The summed E-state index contributed by atoms with van der Waals surface area (Å²) >= 11 is 1.14. The number of thioether (sulfide) groups is 1. The number of hydrogen-bond acceptors (Lipinski definition) is 5. The molecule has 2 rings (SSSR count). The lowest BCUT2D eigenvalue weighted by molar-refractivity contribution is -0.143. The van der Waals surface area contributed by atoms with Gasteiger partial charge >= 0.3 is 5.97 Å². The lowest BCUT2D eigenvalue weighted by atomic mass is 9.91. The molecule has 0 radical (unpaired) electrons. The minimum absolute atomic E-state index is 0.0272. The van der Waals surface area contributed by atoms with Gasteiger partial charge in [0.05, 0.1) is 13.0 Å². The van der Waals surface area contributed by atoms with Crippen LogP contribution >= 0.6 is 11.8 Å². The van der Waals surface area contributed by atoms with Crippen LogP contribution in [0.15, 0.2) is 60.7 Å². The van der Waals surface area contributed by atoms with Crippen molar-refractivity contribution < 1.29 is 19.1 Å². The molecule has 1 N–H and O–H groups in total. The molecule has 154 valence electrons. The lowest BCUT2D eigenvalue weighted by Crippen LogP contribution is -2.44. The molecule has 0 aliphatic carbocycles. The molecule has 0 bridgehead atoms. The SMILES string of the molecule is COC(=O)C(c1ccccc1)C(C)NC(=O)C(CSC(C)=O)Cc1ccccc1. The maximum atomic E-state index is 13.0. The van der Waals surface area contributed by atoms with Gasteiger partial charge < -0.3 is 10.1 Å². The standard InChI is InChI=1S/C23H27NO4S/c1-16(21(23(27)28-3)19-12-8-5-9-13-19)24-22(26)20(15-29-17(2)25)14-18-10-6-4-7-11-18/h4-13,16,20-21H,14-15H2,1-3H3,(H,24,26). The van der Waals surface area contributed by atoms with Crippen molar-refractivity contribution in [2.24, 2.45) is 5.92 Å². The number of nitrogens with one attached hydrogen (secondary N) is 1. The zero-order chi connectivity index (χ0) is 21.2. The molecule has 0 aliphatic rings. The third-order valence-corrected chi connectivity index (χ3v) is 5.64.